The number of nitrogens with zero attached hydrogens (tertiary/aromatic N) is 4. The first kappa shape index (κ1) is 17.3. The van der Waals surface area contributed by atoms with E-state index >= 15 is 0 Å². The molecule has 0 aliphatic carbocycles. The van der Waals surface area contributed by atoms with E-state index in [4.69, 9.17) is 15.2 Å². The minimum Gasteiger partial charge on any atom is -0.490 e. The topological polar surface area (TPSA) is 99.6 Å². The average molecular weight is 430 g/mol. The Bertz CT molecular complexity index is 688. The fourth-order valence-corrected chi connectivity index (χ4v) is 2.05. The highest BCUT2D eigenvalue weighted by Crippen LogP contribution is 2.32. The van der Waals surface area contributed by atoms with E-state index in [1.165, 1.54) is 0 Å². The van der Waals surface area contributed by atoms with E-state index in [0.29, 0.717) is 31.5 Å². The Morgan fingerprint density at radius 3 is 2.87 bits per heavy atom. The Morgan fingerprint density at radius 2 is 2.13 bits per heavy atom. The predicted molar refractivity (Wildman–Crippen MR) is 97.4 cm³/mol. The Labute approximate surface area is 151 Å². The van der Waals surface area contributed by atoms with E-state index in [-0.39, 0.29) is 24.0 Å². The van der Waals surface area contributed by atoms with Crippen LogP contribution in [0.15, 0.2) is 29.4 Å². The van der Waals surface area contributed by atoms with E-state index in [1.807, 2.05) is 25.2 Å². The molecule has 0 spiro atoms. The maximum atomic E-state index is 5.90. The maximum Gasteiger partial charge on any atom is 0.193 e. The van der Waals surface area contributed by atoms with Crippen LogP contribution in [0.1, 0.15) is 12.1 Å². The van der Waals surface area contributed by atoms with E-state index in [9.17, 15) is 0 Å². The summed E-state index contributed by atoms with van der Waals surface area (Å²) in [5.74, 6) is 1.78. The molecule has 0 atom stereocenters. The van der Waals surface area contributed by atoms with Gasteiger partial charge in [-0.25, -0.2) is 4.99 Å². The van der Waals surface area contributed by atoms with Crippen molar-refractivity contribution in [2.75, 3.05) is 18.5 Å². The van der Waals surface area contributed by atoms with Crippen molar-refractivity contribution in [3.63, 3.8) is 0 Å². The summed E-state index contributed by atoms with van der Waals surface area (Å²) in [6.07, 6.45) is 2.53. The van der Waals surface area contributed by atoms with Gasteiger partial charge in [-0.2, -0.15) is 0 Å². The van der Waals surface area contributed by atoms with Gasteiger partial charge in [0.25, 0.3) is 0 Å². The molecule has 2 heterocycles. The average Bonchev–Trinajstić information content (AvgIpc) is 2.78. The lowest BCUT2D eigenvalue weighted by atomic mass is 10.3. The van der Waals surface area contributed by atoms with Gasteiger partial charge in [-0.05, 0) is 12.1 Å². The first-order valence-corrected chi connectivity index (χ1v) is 7.02. The summed E-state index contributed by atoms with van der Waals surface area (Å²) >= 11 is 0. The maximum absolute atomic E-state index is 5.90. The number of guanidine groups is 1. The van der Waals surface area contributed by atoms with Crippen LogP contribution in [0, 0.1) is 0 Å². The van der Waals surface area contributed by atoms with Crippen LogP contribution >= 0.6 is 24.0 Å². The van der Waals surface area contributed by atoms with E-state index in [2.05, 4.69) is 20.6 Å². The van der Waals surface area contributed by atoms with Crippen molar-refractivity contribution in [1.29, 1.82) is 0 Å². The third kappa shape index (κ3) is 4.47. The summed E-state index contributed by atoms with van der Waals surface area (Å²) in [5, 5.41) is 10.7. The molecular weight excluding hydrogens is 411 g/mol. The van der Waals surface area contributed by atoms with E-state index in [1.54, 1.807) is 10.9 Å². The van der Waals surface area contributed by atoms with Crippen LogP contribution < -0.4 is 20.5 Å². The first-order valence-electron chi connectivity index (χ1n) is 7.02. The molecule has 0 fully saturated rings. The highest BCUT2D eigenvalue weighted by atomic mass is 127. The van der Waals surface area contributed by atoms with Gasteiger partial charge in [0.1, 0.15) is 0 Å². The molecule has 0 amide bonds. The van der Waals surface area contributed by atoms with Gasteiger partial charge in [0.05, 0.1) is 31.6 Å². The van der Waals surface area contributed by atoms with Gasteiger partial charge in [-0.3, -0.25) is 4.68 Å². The van der Waals surface area contributed by atoms with Crippen LogP contribution in [-0.4, -0.2) is 34.2 Å². The number of benzene rings is 1. The third-order valence-corrected chi connectivity index (χ3v) is 3.24. The molecular formula is C14H19IN6O2. The molecule has 1 aliphatic rings. The van der Waals surface area contributed by atoms with Crippen molar-refractivity contribution < 1.29 is 9.47 Å². The number of aliphatic imine (C=N–C) groups is 1. The zero-order chi connectivity index (χ0) is 15.4. The predicted octanol–water partition coefficient (Wildman–Crippen LogP) is 1.52. The minimum atomic E-state index is 0. The number of aryl methyl sites for hydroxylation is 1. The lowest BCUT2D eigenvalue weighted by molar-refractivity contribution is 0.297. The Hall–Kier alpha value is -2.04. The van der Waals surface area contributed by atoms with Gasteiger partial charge >= 0.3 is 0 Å². The zero-order valence-corrected chi connectivity index (χ0v) is 15.1. The lowest BCUT2D eigenvalue weighted by Gasteiger charge is -2.10. The molecule has 1 aliphatic heterocycles. The van der Waals surface area contributed by atoms with Gasteiger partial charge < -0.3 is 20.5 Å². The van der Waals surface area contributed by atoms with Gasteiger partial charge in [0.2, 0.25) is 0 Å². The number of nitrogens with two attached hydrogens (primary N) is 1. The molecule has 0 bridgehead atoms. The largest absolute Gasteiger partial charge is 0.490 e. The van der Waals surface area contributed by atoms with Crippen molar-refractivity contribution in [3.8, 4) is 11.5 Å². The number of ether oxygens (including phenoxy) is 2. The monoisotopic (exact) mass is 430 g/mol. The smallest absolute Gasteiger partial charge is 0.193 e. The summed E-state index contributed by atoms with van der Waals surface area (Å²) in [7, 11) is 1.81. The van der Waals surface area contributed by atoms with Gasteiger partial charge in [0, 0.05) is 25.2 Å². The number of halogens is 1. The number of hydrogen-bond acceptors (Lipinski definition) is 5. The molecule has 3 rings (SSSR count). The fraction of sp³-hybridized carbons (Fsp3) is 0.357. The first-order chi connectivity index (χ1) is 10.7. The van der Waals surface area contributed by atoms with Crippen molar-refractivity contribution in [2.45, 2.75) is 13.0 Å². The SMILES string of the molecule is Cn1nncc1CN=C(N)Nc1ccc2c(c1)OCCCO2.I. The quantitative estimate of drug-likeness (QED) is 0.435. The summed E-state index contributed by atoms with van der Waals surface area (Å²) in [6, 6.07) is 5.59. The Balaban J connectivity index is 0.00000192. The molecule has 2 aromatic rings. The van der Waals surface area contributed by atoms with Crippen molar-refractivity contribution in [2.24, 2.45) is 17.8 Å². The molecule has 23 heavy (non-hydrogen) atoms. The van der Waals surface area contributed by atoms with Gasteiger partial charge in [-0.15, -0.1) is 29.1 Å². The van der Waals surface area contributed by atoms with E-state index < -0.39 is 0 Å². The number of anilines is 1. The molecule has 9 heteroatoms. The molecule has 0 radical (unpaired) electrons. The highest BCUT2D eigenvalue weighted by molar-refractivity contribution is 14.0. The number of fused-ring (bicyclic) bond motifs is 1. The van der Waals surface area contributed by atoms with Crippen LogP contribution in [0.25, 0.3) is 0 Å². The van der Waals surface area contributed by atoms with Crippen molar-refractivity contribution in [3.05, 3.63) is 30.1 Å². The second-order valence-electron chi connectivity index (χ2n) is 4.89. The number of hydrogen-bond donors (Lipinski definition) is 2. The normalized spacial score (nSPS) is 13.9. The minimum absolute atomic E-state index is 0. The van der Waals surface area contributed by atoms with Crippen LogP contribution in [0.2, 0.25) is 0 Å². The molecule has 0 saturated heterocycles. The molecule has 1 aromatic heterocycles. The summed E-state index contributed by atoms with van der Waals surface area (Å²) in [4.78, 5) is 4.26. The van der Waals surface area contributed by atoms with Crippen molar-refractivity contribution in [1.82, 2.24) is 15.0 Å². The number of aromatic nitrogens is 3. The highest BCUT2D eigenvalue weighted by Gasteiger charge is 2.10. The number of nitrogens with one attached hydrogen (secondary N) is 1. The second-order valence-corrected chi connectivity index (χ2v) is 4.89. The van der Waals surface area contributed by atoms with Crippen LogP contribution in [0.4, 0.5) is 5.69 Å². The molecule has 0 unspecified atom stereocenters. The Kier molecular flexibility index (Phi) is 6.02. The molecule has 8 nitrogen and oxygen atoms in total. The van der Waals surface area contributed by atoms with Crippen LogP contribution in [0.3, 0.4) is 0 Å². The second kappa shape index (κ2) is 7.99. The summed E-state index contributed by atoms with van der Waals surface area (Å²) in [5.41, 5.74) is 7.57. The van der Waals surface area contributed by atoms with Gasteiger partial charge in [0.15, 0.2) is 17.5 Å². The standard InChI is InChI=1S/C14H18N6O2.HI/c1-20-11(9-17-19-20)8-16-14(15)18-10-3-4-12-13(7-10)22-6-2-5-21-12;/h3-4,7,9H,2,5-6,8H2,1H3,(H3,15,16,18);1H. The van der Waals surface area contributed by atoms with Crippen molar-refractivity contribution >= 4 is 35.6 Å². The van der Waals surface area contributed by atoms with Gasteiger partial charge in [-0.1, -0.05) is 5.21 Å². The fourth-order valence-electron chi connectivity index (χ4n) is 2.05. The zero-order valence-electron chi connectivity index (χ0n) is 12.7. The number of rotatable bonds is 3. The summed E-state index contributed by atoms with van der Waals surface area (Å²) in [6.45, 7) is 1.72. The molecule has 3 N–H and O–H groups in total. The van der Waals surface area contributed by atoms with Crippen LogP contribution in [0.5, 0.6) is 11.5 Å². The third-order valence-electron chi connectivity index (χ3n) is 3.24. The Morgan fingerprint density at radius 1 is 1.35 bits per heavy atom. The molecule has 0 saturated carbocycles. The summed E-state index contributed by atoms with van der Waals surface area (Å²) < 4.78 is 12.9. The lowest BCUT2D eigenvalue weighted by Crippen LogP contribution is -2.22. The molecule has 124 valence electrons. The van der Waals surface area contributed by atoms with E-state index in [0.717, 1.165) is 23.6 Å². The molecule has 1 aromatic carbocycles. The van der Waals surface area contributed by atoms with Crippen LogP contribution in [-0.2, 0) is 13.6 Å².